The molecule has 9 rings (SSSR count). The van der Waals surface area contributed by atoms with Gasteiger partial charge in [-0.15, -0.1) is 11.3 Å². The topological polar surface area (TPSA) is 22.0 Å². The number of fused-ring (bicyclic) bond motifs is 9. The van der Waals surface area contributed by atoms with E-state index >= 15 is 4.57 Å². The predicted molar refractivity (Wildman–Crippen MR) is 172 cm³/mol. The molecule has 0 fully saturated rings. The number of rotatable bonds is 2. The molecular weight excluding hydrogens is 525 g/mol. The van der Waals surface area contributed by atoms with E-state index < -0.39 is 7.14 Å². The van der Waals surface area contributed by atoms with Gasteiger partial charge >= 0.3 is 0 Å². The number of aromatic nitrogens is 1. The quantitative estimate of drug-likeness (QED) is 0.198. The number of hydrogen-bond donors (Lipinski definition) is 0. The maximum Gasteiger partial charge on any atom is 0.172 e. The third kappa shape index (κ3) is 2.81. The molecule has 4 heteroatoms. The van der Waals surface area contributed by atoms with Gasteiger partial charge in [0.25, 0.3) is 0 Å². The molecule has 188 valence electrons. The maximum absolute atomic E-state index is 15.2. The van der Waals surface area contributed by atoms with Crippen molar-refractivity contribution < 1.29 is 4.57 Å². The molecule has 0 radical (unpaired) electrons. The summed E-state index contributed by atoms with van der Waals surface area (Å²) < 4.78 is 20.2. The number of nitrogens with zero attached hydrogens (tertiary/aromatic N) is 1. The highest BCUT2D eigenvalue weighted by Gasteiger charge is 2.40. The Labute approximate surface area is 235 Å². The molecule has 0 aliphatic carbocycles. The summed E-state index contributed by atoms with van der Waals surface area (Å²) in [6, 6.07) is 46.7. The number of thiophene rings is 1. The Bertz CT molecular complexity index is 2360. The van der Waals surface area contributed by atoms with Crippen LogP contribution in [0.2, 0.25) is 0 Å². The van der Waals surface area contributed by atoms with Gasteiger partial charge in [0.05, 0.1) is 16.7 Å². The summed E-state index contributed by atoms with van der Waals surface area (Å²) in [4.78, 5) is 0. The van der Waals surface area contributed by atoms with Crippen molar-refractivity contribution in [2.45, 2.75) is 0 Å². The molecule has 1 aliphatic rings. The number of benzene rings is 6. The maximum atomic E-state index is 15.2. The van der Waals surface area contributed by atoms with Gasteiger partial charge in [0.15, 0.2) is 7.14 Å². The van der Waals surface area contributed by atoms with Crippen molar-refractivity contribution >= 4 is 76.4 Å². The zero-order chi connectivity index (χ0) is 26.4. The monoisotopic (exact) mass is 547 g/mol. The van der Waals surface area contributed by atoms with Crippen LogP contribution in [0.1, 0.15) is 0 Å². The van der Waals surface area contributed by atoms with E-state index in [0.717, 1.165) is 43.5 Å². The fourth-order valence-electron chi connectivity index (χ4n) is 6.70. The third-order valence-electron chi connectivity index (χ3n) is 8.40. The first-order valence-electron chi connectivity index (χ1n) is 13.5. The summed E-state index contributed by atoms with van der Waals surface area (Å²) in [5.74, 6) is 0. The van der Waals surface area contributed by atoms with Crippen LogP contribution in [0.4, 0.5) is 0 Å². The van der Waals surface area contributed by atoms with Crippen LogP contribution < -0.4 is 15.9 Å². The molecule has 6 aromatic carbocycles. The van der Waals surface area contributed by atoms with Crippen LogP contribution in [0.25, 0.3) is 58.8 Å². The van der Waals surface area contributed by atoms with Crippen molar-refractivity contribution in [2.24, 2.45) is 0 Å². The molecule has 0 spiro atoms. The summed E-state index contributed by atoms with van der Waals surface area (Å²) in [5, 5.41) is 7.63. The van der Waals surface area contributed by atoms with Crippen LogP contribution >= 0.6 is 18.5 Å². The Kier molecular flexibility index (Phi) is 4.51. The zero-order valence-corrected chi connectivity index (χ0v) is 23.1. The first-order chi connectivity index (χ1) is 19.7. The third-order valence-corrected chi connectivity index (χ3v) is 12.7. The molecule has 1 aliphatic heterocycles. The molecule has 8 aromatic rings. The Hall–Kier alpha value is -4.43. The number of hydrogen-bond acceptors (Lipinski definition) is 2. The van der Waals surface area contributed by atoms with Gasteiger partial charge in [-0.3, -0.25) is 0 Å². The van der Waals surface area contributed by atoms with Crippen LogP contribution in [-0.2, 0) is 4.57 Å². The Morgan fingerprint density at radius 2 is 1.25 bits per heavy atom. The highest BCUT2D eigenvalue weighted by molar-refractivity contribution is 7.86. The lowest BCUT2D eigenvalue weighted by Gasteiger charge is -2.16. The normalized spacial score (nSPS) is 16.2. The molecule has 1 unspecified atom stereocenters. The minimum atomic E-state index is -3.02. The van der Waals surface area contributed by atoms with Crippen molar-refractivity contribution in [3.8, 4) is 16.8 Å². The first-order valence-corrected chi connectivity index (χ1v) is 16.0. The van der Waals surface area contributed by atoms with Crippen LogP contribution in [-0.4, -0.2) is 4.57 Å². The molecule has 2 aromatic heterocycles. The highest BCUT2D eigenvalue weighted by Crippen LogP contribution is 2.53. The summed E-state index contributed by atoms with van der Waals surface area (Å²) >= 11 is 1.84. The average molecular weight is 548 g/mol. The molecular formula is C36H22NOPS. The van der Waals surface area contributed by atoms with Crippen LogP contribution in [0, 0.1) is 0 Å². The van der Waals surface area contributed by atoms with Crippen molar-refractivity contribution in [1.29, 1.82) is 0 Å². The summed E-state index contributed by atoms with van der Waals surface area (Å²) in [7, 11) is -3.02. The molecule has 1 atom stereocenters. The van der Waals surface area contributed by atoms with Crippen LogP contribution in [0.5, 0.6) is 0 Å². The van der Waals surface area contributed by atoms with Crippen molar-refractivity contribution in [1.82, 2.24) is 4.57 Å². The molecule has 0 amide bonds. The van der Waals surface area contributed by atoms with Gasteiger partial charge in [0.2, 0.25) is 0 Å². The zero-order valence-electron chi connectivity index (χ0n) is 21.4. The smallest absolute Gasteiger partial charge is 0.172 e. The minimum Gasteiger partial charge on any atom is -0.309 e. The molecule has 0 saturated heterocycles. The molecule has 0 saturated carbocycles. The van der Waals surface area contributed by atoms with E-state index in [2.05, 4.69) is 102 Å². The lowest BCUT2D eigenvalue weighted by atomic mass is 10.0. The fourth-order valence-corrected chi connectivity index (χ4v) is 10.9. The standard InChI is InChI=1S/C36H22NOPS/c38-39(23-11-2-1-3-12-23)32-18-8-5-14-25(32)28-21-31-27(22-33(28)39)24-13-4-7-16-29(24)37(31)30-17-10-20-35-36(30)26-15-6-9-19-34(26)40-35/h1-22H. The largest absolute Gasteiger partial charge is 0.309 e. The van der Waals surface area contributed by atoms with Gasteiger partial charge in [0, 0.05) is 46.9 Å². The van der Waals surface area contributed by atoms with Crippen LogP contribution in [0.3, 0.4) is 0 Å². The van der Waals surface area contributed by atoms with Gasteiger partial charge in [-0.1, -0.05) is 97.1 Å². The summed E-state index contributed by atoms with van der Waals surface area (Å²) in [6.45, 7) is 0. The Balaban J connectivity index is 1.45. The summed E-state index contributed by atoms with van der Waals surface area (Å²) in [6.07, 6.45) is 0. The van der Waals surface area contributed by atoms with Gasteiger partial charge in [-0.05, 0) is 47.5 Å². The molecule has 3 heterocycles. The van der Waals surface area contributed by atoms with Gasteiger partial charge < -0.3 is 9.13 Å². The second-order valence-corrected chi connectivity index (χ2v) is 14.2. The predicted octanol–water partition coefficient (Wildman–Crippen LogP) is 8.77. The lowest BCUT2D eigenvalue weighted by molar-refractivity contribution is 0.593. The fraction of sp³-hybridized carbons (Fsp3) is 0. The average Bonchev–Trinajstić information content (AvgIpc) is 3.64. The number of para-hydroxylation sites is 1. The van der Waals surface area contributed by atoms with Crippen molar-refractivity contribution in [3.63, 3.8) is 0 Å². The van der Waals surface area contributed by atoms with E-state index in [1.54, 1.807) is 0 Å². The Morgan fingerprint density at radius 1 is 0.525 bits per heavy atom. The highest BCUT2D eigenvalue weighted by atomic mass is 32.1. The molecule has 0 bridgehead atoms. The van der Waals surface area contributed by atoms with E-state index in [1.807, 2.05) is 47.7 Å². The molecule has 0 N–H and O–H groups in total. The lowest BCUT2D eigenvalue weighted by Crippen LogP contribution is -2.20. The summed E-state index contributed by atoms with van der Waals surface area (Å²) in [5.41, 5.74) is 5.62. The van der Waals surface area contributed by atoms with E-state index in [1.165, 1.54) is 31.2 Å². The van der Waals surface area contributed by atoms with E-state index in [4.69, 9.17) is 0 Å². The van der Waals surface area contributed by atoms with Crippen LogP contribution in [0.15, 0.2) is 133 Å². The minimum absolute atomic E-state index is 0.888. The van der Waals surface area contributed by atoms with Gasteiger partial charge in [-0.2, -0.15) is 0 Å². The van der Waals surface area contributed by atoms with Crippen molar-refractivity contribution in [3.05, 3.63) is 133 Å². The van der Waals surface area contributed by atoms with Crippen molar-refractivity contribution in [2.75, 3.05) is 0 Å². The van der Waals surface area contributed by atoms with Gasteiger partial charge in [0.1, 0.15) is 0 Å². The molecule has 40 heavy (non-hydrogen) atoms. The SMILES string of the molecule is O=P1(c2ccccc2)c2ccccc2-c2cc3c(cc21)c1ccccc1n3-c1cccc2sc3ccccc3c12. The van der Waals surface area contributed by atoms with E-state index in [-0.39, 0.29) is 0 Å². The molecule has 2 nitrogen and oxygen atoms in total. The Morgan fingerprint density at radius 3 is 2.15 bits per heavy atom. The second kappa shape index (κ2) is 8.05. The van der Waals surface area contributed by atoms with E-state index in [9.17, 15) is 0 Å². The first kappa shape index (κ1) is 22.4. The van der Waals surface area contributed by atoms with E-state index in [0.29, 0.717) is 0 Å². The van der Waals surface area contributed by atoms with Gasteiger partial charge in [-0.25, -0.2) is 0 Å². The second-order valence-electron chi connectivity index (χ2n) is 10.4.